The van der Waals surface area contributed by atoms with Gasteiger partial charge in [-0.25, -0.2) is 18.3 Å². The van der Waals surface area contributed by atoms with Crippen molar-refractivity contribution in [3.8, 4) is 0 Å². The zero-order valence-electron chi connectivity index (χ0n) is 11.4. The van der Waals surface area contributed by atoms with Crippen molar-refractivity contribution in [1.29, 1.82) is 0 Å². The van der Waals surface area contributed by atoms with Gasteiger partial charge < -0.3 is 20.7 Å². The van der Waals surface area contributed by atoms with Crippen LogP contribution in [0.4, 0.5) is 14.6 Å². The van der Waals surface area contributed by atoms with Gasteiger partial charge in [0.1, 0.15) is 35.6 Å². The first-order valence-electron chi connectivity index (χ1n) is 6.40. The summed E-state index contributed by atoms with van der Waals surface area (Å²) in [5.74, 6) is -0.936. The maximum atomic E-state index is 14.4. The third-order valence-corrected chi connectivity index (χ3v) is 3.68. The van der Waals surface area contributed by atoms with Crippen molar-refractivity contribution in [3.63, 3.8) is 0 Å². The molecular formula is C11H11F2N7O3. The number of alkyl halides is 1. The fourth-order valence-electron chi connectivity index (χ4n) is 2.55. The summed E-state index contributed by atoms with van der Waals surface area (Å²) in [6.45, 7) is -0.989. The highest BCUT2D eigenvalue weighted by Gasteiger charge is 2.56. The fourth-order valence-corrected chi connectivity index (χ4v) is 2.55. The topological polar surface area (TPSA) is 155 Å². The van der Waals surface area contributed by atoms with E-state index in [0.717, 1.165) is 16.9 Å². The molecule has 2 aromatic rings. The minimum absolute atomic E-state index is 0.0393. The highest BCUT2D eigenvalue weighted by Crippen LogP contribution is 2.43. The Balaban J connectivity index is 2.15. The summed E-state index contributed by atoms with van der Waals surface area (Å²) in [7, 11) is 0. The van der Waals surface area contributed by atoms with Crippen LogP contribution >= 0.6 is 0 Å². The lowest BCUT2D eigenvalue weighted by Crippen LogP contribution is -2.43. The van der Waals surface area contributed by atoms with Crippen LogP contribution in [0.3, 0.4) is 0 Å². The van der Waals surface area contributed by atoms with Crippen LogP contribution in [-0.4, -0.2) is 49.4 Å². The molecule has 4 atom stereocenters. The van der Waals surface area contributed by atoms with Crippen LogP contribution in [0.2, 0.25) is 0 Å². The normalized spacial score (nSPS) is 30.5. The van der Waals surface area contributed by atoms with E-state index in [1.54, 1.807) is 0 Å². The van der Waals surface area contributed by atoms with Gasteiger partial charge in [-0.15, -0.1) is 0 Å². The molecule has 0 aromatic carbocycles. The summed E-state index contributed by atoms with van der Waals surface area (Å²) in [5, 5.41) is 26.1. The van der Waals surface area contributed by atoms with Crippen LogP contribution in [0, 0.1) is 5.82 Å². The van der Waals surface area contributed by atoms with Gasteiger partial charge in [0.25, 0.3) is 0 Å². The molecule has 0 spiro atoms. The lowest BCUT2D eigenvalue weighted by Gasteiger charge is -2.23. The number of hydrogen-bond donors (Lipinski definition) is 3. The van der Waals surface area contributed by atoms with Crippen molar-refractivity contribution >= 4 is 11.3 Å². The van der Waals surface area contributed by atoms with E-state index in [9.17, 15) is 19.0 Å². The van der Waals surface area contributed by atoms with Crippen molar-refractivity contribution in [3.05, 3.63) is 34.3 Å². The quantitative estimate of drug-likeness (QED) is 0.416. The van der Waals surface area contributed by atoms with Crippen LogP contribution in [0.1, 0.15) is 11.8 Å². The Bertz CT molecular complexity index is 808. The second-order valence-corrected chi connectivity index (χ2v) is 4.94. The number of hydrogen-bond acceptors (Lipinski definition) is 7. The predicted octanol–water partition coefficient (Wildman–Crippen LogP) is 0.220. The van der Waals surface area contributed by atoms with Crippen molar-refractivity contribution in [1.82, 2.24) is 14.6 Å². The Labute approximate surface area is 126 Å². The largest absolute Gasteiger partial charge is 0.393 e. The van der Waals surface area contributed by atoms with Crippen LogP contribution in [-0.2, 0) is 4.74 Å². The van der Waals surface area contributed by atoms with E-state index in [4.69, 9.17) is 16.0 Å². The van der Waals surface area contributed by atoms with Gasteiger partial charge in [-0.3, -0.25) is 0 Å². The number of azide groups is 1. The number of ether oxygens (including phenoxy) is 1. The van der Waals surface area contributed by atoms with Crippen LogP contribution in [0.5, 0.6) is 0 Å². The molecule has 0 aliphatic carbocycles. The molecular weight excluding hydrogens is 316 g/mol. The Morgan fingerprint density at radius 2 is 2.35 bits per heavy atom. The van der Waals surface area contributed by atoms with Crippen LogP contribution < -0.4 is 5.73 Å². The first-order valence-corrected chi connectivity index (χ1v) is 6.40. The van der Waals surface area contributed by atoms with Crippen LogP contribution in [0.15, 0.2) is 17.5 Å². The number of nitrogen functional groups attached to an aromatic ring is 1. The molecule has 4 N–H and O–H groups in total. The van der Waals surface area contributed by atoms with Crippen molar-refractivity contribution in [2.24, 2.45) is 5.11 Å². The summed E-state index contributed by atoms with van der Waals surface area (Å²) < 4.78 is 34.8. The Morgan fingerprint density at radius 3 is 3.00 bits per heavy atom. The number of nitrogens with two attached hydrogens (primary N) is 1. The molecule has 0 radical (unpaired) electrons. The van der Waals surface area contributed by atoms with Crippen molar-refractivity contribution in [2.45, 2.75) is 24.1 Å². The number of nitrogens with zero attached hydrogens (tertiary/aromatic N) is 6. The molecule has 0 amide bonds. The first kappa shape index (κ1) is 15.4. The molecule has 1 saturated heterocycles. The van der Waals surface area contributed by atoms with Gasteiger partial charge in [0.05, 0.1) is 6.61 Å². The Kier molecular flexibility index (Phi) is 3.53. The molecule has 23 heavy (non-hydrogen) atoms. The number of aromatic nitrogens is 3. The van der Waals surface area contributed by atoms with Crippen molar-refractivity contribution in [2.75, 3.05) is 12.3 Å². The summed E-state index contributed by atoms with van der Waals surface area (Å²) in [6, 6.07) is 0.986. The van der Waals surface area contributed by atoms with Gasteiger partial charge in [-0.1, -0.05) is 5.11 Å². The summed E-state index contributed by atoms with van der Waals surface area (Å²) >= 11 is 0. The van der Waals surface area contributed by atoms with Gasteiger partial charge in [0, 0.05) is 11.0 Å². The maximum Gasteiger partial charge on any atom is 0.199 e. The van der Waals surface area contributed by atoms with E-state index < -0.39 is 36.5 Å². The average molecular weight is 327 g/mol. The number of aliphatic hydroxyl groups excluding tert-OH is 2. The summed E-state index contributed by atoms with van der Waals surface area (Å²) in [6.07, 6.45) is -4.79. The molecule has 1 fully saturated rings. The number of halogens is 2. The van der Waals surface area contributed by atoms with E-state index in [2.05, 4.69) is 20.1 Å². The molecule has 3 heterocycles. The maximum absolute atomic E-state index is 14.4. The van der Waals surface area contributed by atoms with E-state index in [0.29, 0.717) is 0 Å². The zero-order chi connectivity index (χ0) is 16.8. The second-order valence-electron chi connectivity index (χ2n) is 4.94. The molecule has 0 saturated carbocycles. The third-order valence-electron chi connectivity index (χ3n) is 3.68. The third kappa shape index (κ3) is 2.08. The predicted molar refractivity (Wildman–Crippen MR) is 71.0 cm³/mol. The first-order chi connectivity index (χ1) is 10.9. The molecule has 2 aromatic heterocycles. The minimum Gasteiger partial charge on any atom is -0.393 e. The molecule has 0 unspecified atom stereocenters. The van der Waals surface area contributed by atoms with Gasteiger partial charge in [0.2, 0.25) is 0 Å². The second kappa shape index (κ2) is 5.28. The van der Waals surface area contributed by atoms with Gasteiger partial charge in [-0.05, 0) is 5.53 Å². The molecule has 1 aliphatic heterocycles. The molecule has 12 heteroatoms. The highest BCUT2D eigenvalue weighted by molar-refractivity contribution is 5.65. The molecule has 10 nitrogen and oxygen atoms in total. The minimum atomic E-state index is -2.26. The monoisotopic (exact) mass is 327 g/mol. The van der Waals surface area contributed by atoms with Gasteiger partial charge in [-0.2, -0.15) is 5.10 Å². The number of fused-ring (bicyclic) bond motifs is 1. The number of rotatable bonds is 3. The average Bonchev–Trinajstić information content (AvgIpc) is 2.98. The number of aliphatic hydroxyl groups is 2. The van der Waals surface area contributed by atoms with E-state index in [1.807, 2.05) is 0 Å². The lowest BCUT2D eigenvalue weighted by molar-refractivity contribution is -0.109. The number of anilines is 1. The molecule has 122 valence electrons. The van der Waals surface area contributed by atoms with Gasteiger partial charge in [0.15, 0.2) is 17.7 Å². The van der Waals surface area contributed by atoms with E-state index in [-0.39, 0.29) is 17.0 Å². The zero-order valence-corrected chi connectivity index (χ0v) is 11.4. The molecule has 0 bridgehead atoms. The molecule has 3 rings (SSSR count). The lowest BCUT2D eigenvalue weighted by atomic mass is 10.0. The Hall–Kier alpha value is -2.53. The SMILES string of the molecule is [N-]=[N+]=N[C@]1(CO)O[C@@H](c2c(F)cc3c(N)ncnn23)[C@H](F)[C@@H]1O. The van der Waals surface area contributed by atoms with E-state index >= 15 is 0 Å². The fraction of sp³-hybridized carbons (Fsp3) is 0.455. The van der Waals surface area contributed by atoms with Gasteiger partial charge >= 0.3 is 0 Å². The Morgan fingerprint density at radius 1 is 1.61 bits per heavy atom. The molecule has 1 aliphatic rings. The van der Waals surface area contributed by atoms with Crippen molar-refractivity contribution < 1.29 is 23.7 Å². The summed E-state index contributed by atoms with van der Waals surface area (Å²) in [5.41, 5.74) is 11.6. The summed E-state index contributed by atoms with van der Waals surface area (Å²) in [4.78, 5) is 6.11. The highest BCUT2D eigenvalue weighted by atomic mass is 19.1. The smallest absolute Gasteiger partial charge is 0.199 e. The van der Waals surface area contributed by atoms with Crippen LogP contribution in [0.25, 0.3) is 16.0 Å². The standard InChI is InChI=1S/C11H11F2N7O3/c12-4-1-5-10(14)16-3-17-20(5)7(4)8-6(13)9(22)11(2-21,23-8)18-19-15/h1,3,6,8-9,21-22H,2H2,(H2,14,16,17)/t6-,8+,9-,11+/m0/s1. The van der Waals surface area contributed by atoms with E-state index in [1.165, 1.54) is 0 Å².